The molecule has 1 saturated carbocycles. The van der Waals surface area contributed by atoms with Gasteiger partial charge in [0.25, 0.3) is 0 Å². The van der Waals surface area contributed by atoms with Gasteiger partial charge in [0, 0.05) is 38.6 Å². The van der Waals surface area contributed by atoms with Crippen LogP contribution in [0.1, 0.15) is 39.5 Å². The monoisotopic (exact) mass is 281 g/mol. The molecule has 2 aliphatic rings. The van der Waals surface area contributed by atoms with E-state index in [1.54, 1.807) is 0 Å². The van der Waals surface area contributed by atoms with Crippen molar-refractivity contribution in [3.05, 3.63) is 0 Å². The molecular weight excluding hydrogens is 250 g/mol. The summed E-state index contributed by atoms with van der Waals surface area (Å²) in [5.41, 5.74) is 5.78. The summed E-state index contributed by atoms with van der Waals surface area (Å²) in [6.45, 7) is 10.3. The van der Waals surface area contributed by atoms with Crippen molar-refractivity contribution < 1.29 is 4.79 Å². The Morgan fingerprint density at radius 2 is 1.90 bits per heavy atom. The maximum absolute atomic E-state index is 12.6. The average Bonchev–Trinajstić information content (AvgIpc) is 2.47. The number of nitrogens with zero attached hydrogens (tertiary/aromatic N) is 2. The Balaban J connectivity index is 1.79. The maximum Gasteiger partial charge on any atom is 0.225 e. The van der Waals surface area contributed by atoms with Crippen LogP contribution in [0.4, 0.5) is 0 Å². The Morgan fingerprint density at radius 1 is 1.20 bits per heavy atom. The van der Waals surface area contributed by atoms with Crippen LogP contribution in [0.25, 0.3) is 0 Å². The molecule has 0 spiro atoms. The van der Waals surface area contributed by atoms with Gasteiger partial charge in [-0.05, 0) is 37.6 Å². The van der Waals surface area contributed by atoms with Crippen LogP contribution in [0.2, 0.25) is 0 Å². The number of carbonyl (C=O) groups is 1. The van der Waals surface area contributed by atoms with Crippen LogP contribution in [-0.4, -0.2) is 55.0 Å². The van der Waals surface area contributed by atoms with Crippen molar-refractivity contribution in [1.29, 1.82) is 0 Å². The molecule has 0 radical (unpaired) electrons. The molecule has 0 bridgehead atoms. The van der Waals surface area contributed by atoms with Gasteiger partial charge >= 0.3 is 0 Å². The predicted molar refractivity (Wildman–Crippen MR) is 82.4 cm³/mol. The van der Waals surface area contributed by atoms with Gasteiger partial charge in [-0.3, -0.25) is 9.69 Å². The highest BCUT2D eigenvalue weighted by molar-refractivity contribution is 5.79. The number of rotatable bonds is 4. The van der Waals surface area contributed by atoms with Crippen LogP contribution in [-0.2, 0) is 4.79 Å². The van der Waals surface area contributed by atoms with E-state index < -0.39 is 0 Å². The maximum atomic E-state index is 12.6. The molecule has 4 nitrogen and oxygen atoms in total. The number of piperazine rings is 1. The van der Waals surface area contributed by atoms with Gasteiger partial charge in [0.2, 0.25) is 5.91 Å². The molecular formula is C16H31N3O. The van der Waals surface area contributed by atoms with Gasteiger partial charge in [-0.25, -0.2) is 0 Å². The minimum Gasteiger partial charge on any atom is -0.340 e. The lowest BCUT2D eigenvalue weighted by molar-refractivity contribution is -0.138. The van der Waals surface area contributed by atoms with E-state index in [4.69, 9.17) is 5.73 Å². The van der Waals surface area contributed by atoms with Gasteiger partial charge in [-0.2, -0.15) is 0 Å². The van der Waals surface area contributed by atoms with Gasteiger partial charge < -0.3 is 10.6 Å². The zero-order chi connectivity index (χ0) is 14.5. The first kappa shape index (κ1) is 15.8. The number of hydrogen-bond donors (Lipinski definition) is 1. The minimum atomic E-state index is 0.244. The largest absolute Gasteiger partial charge is 0.340 e. The fourth-order valence-corrected chi connectivity index (χ4v) is 3.65. The molecule has 1 amide bonds. The summed E-state index contributed by atoms with van der Waals surface area (Å²) >= 11 is 0. The summed E-state index contributed by atoms with van der Waals surface area (Å²) in [4.78, 5) is 17.2. The first-order chi connectivity index (χ1) is 9.60. The second kappa shape index (κ2) is 7.41. The summed E-state index contributed by atoms with van der Waals surface area (Å²) in [6.07, 6.45) is 4.47. The third-order valence-electron chi connectivity index (χ3n) is 4.77. The van der Waals surface area contributed by atoms with Crippen molar-refractivity contribution in [1.82, 2.24) is 9.80 Å². The van der Waals surface area contributed by atoms with E-state index in [1.165, 1.54) is 12.8 Å². The van der Waals surface area contributed by atoms with E-state index in [0.717, 1.165) is 52.1 Å². The van der Waals surface area contributed by atoms with E-state index in [-0.39, 0.29) is 5.92 Å². The Morgan fingerprint density at radius 3 is 2.50 bits per heavy atom. The first-order valence-corrected chi connectivity index (χ1v) is 8.31. The Hall–Kier alpha value is -0.610. The Bertz CT molecular complexity index is 311. The van der Waals surface area contributed by atoms with Gasteiger partial charge in [0.15, 0.2) is 0 Å². The van der Waals surface area contributed by atoms with Crippen molar-refractivity contribution in [3.8, 4) is 0 Å². The Kier molecular flexibility index (Phi) is 5.85. The molecule has 0 aromatic carbocycles. The molecule has 4 heteroatoms. The van der Waals surface area contributed by atoms with Crippen molar-refractivity contribution >= 4 is 5.91 Å². The fourth-order valence-electron chi connectivity index (χ4n) is 3.65. The number of hydrogen-bond acceptors (Lipinski definition) is 3. The van der Waals surface area contributed by atoms with Crippen molar-refractivity contribution in [3.63, 3.8) is 0 Å². The smallest absolute Gasteiger partial charge is 0.225 e. The number of amides is 1. The van der Waals surface area contributed by atoms with E-state index in [0.29, 0.717) is 17.7 Å². The Labute approximate surface area is 123 Å². The topological polar surface area (TPSA) is 49.6 Å². The lowest BCUT2D eigenvalue weighted by Crippen LogP contribution is -2.51. The molecule has 2 N–H and O–H groups in total. The summed E-state index contributed by atoms with van der Waals surface area (Å²) in [6, 6.07) is 0. The van der Waals surface area contributed by atoms with Gasteiger partial charge in [0.1, 0.15) is 0 Å². The normalized spacial score (nSPS) is 28.9. The molecule has 1 heterocycles. The highest BCUT2D eigenvalue weighted by Gasteiger charge is 2.31. The van der Waals surface area contributed by atoms with Crippen LogP contribution < -0.4 is 5.73 Å². The van der Waals surface area contributed by atoms with Crippen molar-refractivity contribution in [2.75, 3.05) is 39.3 Å². The van der Waals surface area contributed by atoms with Crippen LogP contribution in [0.3, 0.4) is 0 Å². The van der Waals surface area contributed by atoms with Crippen molar-refractivity contribution in [2.24, 2.45) is 23.5 Å². The summed E-state index contributed by atoms with van der Waals surface area (Å²) in [7, 11) is 0. The van der Waals surface area contributed by atoms with Crippen LogP contribution >= 0.6 is 0 Å². The molecule has 116 valence electrons. The number of nitrogens with two attached hydrogens (primary N) is 1. The molecule has 1 saturated heterocycles. The molecule has 20 heavy (non-hydrogen) atoms. The van der Waals surface area contributed by atoms with Gasteiger partial charge in [-0.15, -0.1) is 0 Å². The average molecular weight is 281 g/mol. The van der Waals surface area contributed by atoms with E-state index in [1.807, 2.05) is 0 Å². The zero-order valence-electron chi connectivity index (χ0n) is 13.2. The highest BCUT2D eigenvalue weighted by atomic mass is 16.2. The molecule has 1 aliphatic heterocycles. The van der Waals surface area contributed by atoms with Crippen LogP contribution in [0.15, 0.2) is 0 Å². The second-order valence-corrected chi connectivity index (χ2v) is 6.98. The molecule has 2 fully saturated rings. The van der Waals surface area contributed by atoms with Crippen molar-refractivity contribution in [2.45, 2.75) is 39.5 Å². The minimum absolute atomic E-state index is 0.244. The molecule has 2 unspecified atom stereocenters. The first-order valence-electron chi connectivity index (χ1n) is 8.31. The van der Waals surface area contributed by atoms with Crippen LogP contribution in [0.5, 0.6) is 0 Å². The lowest BCUT2D eigenvalue weighted by Gasteiger charge is -2.38. The molecule has 0 aromatic rings. The molecule has 0 aromatic heterocycles. The summed E-state index contributed by atoms with van der Waals surface area (Å²) in [5.74, 6) is 1.92. The van der Waals surface area contributed by atoms with E-state index in [9.17, 15) is 4.79 Å². The van der Waals surface area contributed by atoms with E-state index >= 15 is 0 Å². The van der Waals surface area contributed by atoms with E-state index in [2.05, 4.69) is 23.6 Å². The van der Waals surface area contributed by atoms with Gasteiger partial charge in [-0.1, -0.05) is 20.3 Å². The zero-order valence-corrected chi connectivity index (χ0v) is 13.2. The quantitative estimate of drug-likeness (QED) is 0.850. The fraction of sp³-hybridized carbons (Fsp3) is 0.938. The van der Waals surface area contributed by atoms with Crippen LogP contribution in [0, 0.1) is 17.8 Å². The molecule has 2 atom stereocenters. The standard InChI is InChI=1S/C16H31N3O/c1-13(2)12-18-6-8-19(9-7-18)16(20)15-5-3-4-14(10-15)11-17/h13-15H,3-12,17H2,1-2H3. The number of carbonyl (C=O) groups excluding carboxylic acids is 1. The lowest BCUT2D eigenvalue weighted by atomic mass is 9.80. The third-order valence-corrected chi connectivity index (χ3v) is 4.77. The predicted octanol–water partition coefficient (Wildman–Crippen LogP) is 1.55. The van der Waals surface area contributed by atoms with Gasteiger partial charge in [0.05, 0.1) is 0 Å². The second-order valence-electron chi connectivity index (χ2n) is 6.98. The highest BCUT2D eigenvalue weighted by Crippen LogP contribution is 2.30. The third kappa shape index (κ3) is 4.19. The summed E-state index contributed by atoms with van der Waals surface area (Å²) in [5, 5.41) is 0. The molecule has 2 rings (SSSR count). The summed E-state index contributed by atoms with van der Waals surface area (Å²) < 4.78 is 0. The molecule has 1 aliphatic carbocycles. The SMILES string of the molecule is CC(C)CN1CCN(C(=O)C2CCCC(CN)C2)CC1.